The molecule has 0 heterocycles. The fraction of sp³-hybridized carbons (Fsp3) is 0.714. The van der Waals surface area contributed by atoms with Crippen LogP contribution in [0.5, 0.6) is 0 Å². The molecule has 0 aliphatic heterocycles. The van der Waals surface area contributed by atoms with Crippen LogP contribution in [0.4, 0.5) is 0 Å². The summed E-state index contributed by atoms with van der Waals surface area (Å²) in [6, 6.07) is 0. The molecule has 0 amide bonds. The maximum absolute atomic E-state index is 12.1. The maximum Gasteiger partial charge on any atom is 0.229 e. The molecular weight excluding hydrogens is 316 g/mol. The lowest BCUT2D eigenvalue weighted by molar-refractivity contribution is -0.189. The highest BCUT2D eigenvalue weighted by molar-refractivity contribution is 5.97. The van der Waals surface area contributed by atoms with E-state index < -0.39 is 17.0 Å². The zero-order valence-electron chi connectivity index (χ0n) is 15.3. The van der Waals surface area contributed by atoms with Crippen LogP contribution < -0.4 is 0 Å². The Morgan fingerprint density at radius 1 is 1.20 bits per heavy atom. The second-order valence-electron chi connectivity index (χ2n) is 9.22. The van der Waals surface area contributed by atoms with Crippen LogP contribution in [0.3, 0.4) is 0 Å². The summed E-state index contributed by atoms with van der Waals surface area (Å²) in [5, 5.41) is 20.4. The van der Waals surface area contributed by atoms with E-state index >= 15 is 0 Å². The van der Waals surface area contributed by atoms with Gasteiger partial charge in [0.1, 0.15) is 5.78 Å². The van der Waals surface area contributed by atoms with Gasteiger partial charge in [0.05, 0.1) is 0 Å². The number of hydrogen-bond acceptors (Lipinski definition) is 4. The summed E-state index contributed by atoms with van der Waals surface area (Å²) >= 11 is 0. The molecule has 0 aromatic heterocycles. The zero-order valence-corrected chi connectivity index (χ0v) is 15.3. The molecule has 4 aliphatic rings. The minimum Gasteiger partial charge on any atom is -0.359 e. The molecule has 2 saturated carbocycles. The van der Waals surface area contributed by atoms with Crippen LogP contribution >= 0.6 is 0 Å². The van der Waals surface area contributed by atoms with Gasteiger partial charge in [0.25, 0.3) is 0 Å². The Kier molecular flexibility index (Phi) is 3.53. The van der Waals surface area contributed by atoms with Gasteiger partial charge in [0.2, 0.25) is 11.6 Å². The smallest absolute Gasteiger partial charge is 0.229 e. The quantitative estimate of drug-likeness (QED) is 0.566. The number of ketones is 2. The molecule has 4 aliphatic carbocycles. The van der Waals surface area contributed by atoms with Crippen LogP contribution in [-0.4, -0.2) is 27.6 Å². The number of allylic oxidation sites excluding steroid dienone is 3. The number of carbonyl (C=O) groups excluding carboxylic acids is 2. The Balaban J connectivity index is 1.77. The van der Waals surface area contributed by atoms with Gasteiger partial charge in [-0.15, -0.1) is 0 Å². The number of hydrogen-bond donors (Lipinski definition) is 2. The summed E-state index contributed by atoms with van der Waals surface area (Å²) in [6.45, 7) is 6.05. The topological polar surface area (TPSA) is 74.6 Å². The second-order valence-corrected chi connectivity index (χ2v) is 9.22. The normalized spacial score (nSPS) is 45.0. The lowest BCUT2D eigenvalue weighted by Gasteiger charge is -2.54. The SMILES string of the molecule is CC(=O)[C@H]1CC[C@H]2[C@@H]3CCC4=CC(=O)C(O)(O)C[C@]4(C)C3=CC[C@]12C. The minimum atomic E-state index is -2.26. The third kappa shape index (κ3) is 2.20. The lowest BCUT2D eigenvalue weighted by Crippen LogP contribution is -2.51. The van der Waals surface area contributed by atoms with E-state index in [-0.39, 0.29) is 17.8 Å². The van der Waals surface area contributed by atoms with Gasteiger partial charge in [-0.1, -0.05) is 31.1 Å². The third-order valence-corrected chi connectivity index (χ3v) is 7.92. The molecule has 0 bridgehead atoms. The van der Waals surface area contributed by atoms with Gasteiger partial charge in [-0.2, -0.15) is 0 Å². The highest BCUT2D eigenvalue weighted by Crippen LogP contribution is 2.64. The molecule has 2 N–H and O–H groups in total. The van der Waals surface area contributed by atoms with E-state index in [0.717, 1.165) is 37.7 Å². The van der Waals surface area contributed by atoms with Gasteiger partial charge in [-0.05, 0) is 62.4 Å². The van der Waals surface area contributed by atoms with Crippen molar-refractivity contribution in [3.8, 4) is 0 Å². The van der Waals surface area contributed by atoms with Gasteiger partial charge in [-0.25, -0.2) is 0 Å². The predicted molar refractivity (Wildman–Crippen MR) is 93.4 cm³/mol. The maximum atomic E-state index is 12.1. The first kappa shape index (κ1) is 17.2. The van der Waals surface area contributed by atoms with Crippen molar-refractivity contribution in [3.05, 3.63) is 23.3 Å². The van der Waals surface area contributed by atoms with Crippen molar-refractivity contribution in [2.75, 3.05) is 0 Å². The van der Waals surface area contributed by atoms with Crippen molar-refractivity contribution in [2.45, 2.75) is 65.1 Å². The Labute approximate surface area is 149 Å². The largest absolute Gasteiger partial charge is 0.359 e. The van der Waals surface area contributed by atoms with E-state index in [9.17, 15) is 19.8 Å². The summed E-state index contributed by atoms with van der Waals surface area (Å²) < 4.78 is 0. The standard InChI is InChI=1S/C21H28O4/c1-12(22)15-6-7-16-14-5-4-13-10-18(23)21(24,25)11-20(13,3)17(14)8-9-19(15,16)2/h8,10,14-16,24-25H,4-7,9,11H2,1-3H3/t14-,15+,16-,19+,20-/m0/s1. The van der Waals surface area contributed by atoms with E-state index in [0.29, 0.717) is 17.6 Å². The number of fused-ring (bicyclic) bond motifs is 5. The minimum absolute atomic E-state index is 0.0254. The summed E-state index contributed by atoms with van der Waals surface area (Å²) in [4.78, 5) is 24.1. The van der Waals surface area contributed by atoms with E-state index in [4.69, 9.17) is 0 Å². The van der Waals surface area contributed by atoms with Crippen molar-refractivity contribution >= 4 is 11.6 Å². The predicted octanol–water partition coefficient (Wildman–Crippen LogP) is 2.93. The number of carbonyl (C=O) groups is 2. The van der Waals surface area contributed by atoms with Crippen molar-refractivity contribution < 1.29 is 19.8 Å². The third-order valence-electron chi connectivity index (χ3n) is 7.92. The van der Waals surface area contributed by atoms with Gasteiger partial charge in [-0.3, -0.25) is 9.59 Å². The molecular formula is C21H28O4. The second kappa shape index (κ2) is 5.14. The molecule has 2 fully saturated rings. The van der Waals surface area contributed by atoms with Crippen LogP contribution in [0.25, 0.3) is 0 Å². The van der Waals surface area contributed by atoms with Crippen LogP contribution in [0.15, 0.2) is 23.3 Å². The number of rotatable bonds is 1. The lowest BCUT2D eigenvalue weighted by atomic mass is 9.50. The van der Waals surface area contributed by atoms with E-state index in [1.165, 1.54) is 11.6 Å². The first-order valence-corrected chi connectivity index (χ1v) is 9.51. The fourth-order valence-corrected chi connectivity index (χ4v) is 6.65. The molecule has 0 unspecified atom stereocenters. The molecule has 0 radical (unpaired) electrons. The monoisotopic (exact) mass is 344 g/mol. The Morgan fingerprint density at radius 2 is 1.92 bits per heavy atom. The van der Waals surface area contributed by atoms with Crippen LogP contribution in [0, 0.1) is 28.6 Å². The molecule has 0 aromatic carbocycles. The molecule has 136 valence electrons. The van der Waals surface area contributed by atoms with Gasteiger partial charge >= 0.3 is 0 Å². The van der Waals surface area contributed by atoms with Crippen LogP contribution in [-0.2, 0) is 9.59 Å². The van der Waals surface area contributed by atoms with E-state index in [1.807, 2.05) is 0 Å². The highest BCUT2D eigenvalue weighted by Gasteiger charge is 2.58. The van der Waals surface area contributed by atoms with Crippen LogP contribution in [0.2, 0.25) is 0 Å². The summed E-state index contributed by atoms with van der Waals surface area (Å²) in [6.07, 6.45) is 8.52. The first-order valence-electron chi connectivity index (χ1n) is 9.51. The van der Waals surface area contributed by atoms with Crippen molar-refractivity contribution in [3.63, 3.8) is 0 Å². The van der Waals surface area contributed by atoms with Crippen molar-refractivity contribution in [1.29, 1.82) is 0 Å². The number of aliphatic hydroxyl groups is 2. The fourth-order valence-electron chi connectivity index (χ4n) is 6.65. The summed E-state index contributed by atoms with van der Waals surface area (Å²) in [5.41, 5.74) is 1.90. The van der Waals surface area contributed by atoms with Gasteiger partial charge < -0.3 is 10.2 Å². The molecule has 4 rings (SSSR count). The molecule has 25 heavy (non-hydrogen) atoms. The molecule has 4 nitrogen and oxygen atoms in total. The summed E-state index contributed by atoms with van der Waals surface area (Å²) in [7, 11) is 0. The average Bonchev–Trinajstić information content (AvgIpc) is 2.86. The molecule has 0 saturated heterocycles. The zero-order chi connectivity index (χ0) is 18.2. The average molecular weight is 344 g/mol. The highest BCUT2D eigenvalue weighted by atomic mass is 16.5. The van der Waals surface area contributed by atoms with Gasteiger partial charge in [0, 0.05) is 17.8 Å². The van der Waals surface area contributed by atoms with Gasteiger partial charge in [0.15, 0.2) is 0 Å². The Bertz CT molecular complexity index is 715. The molecule has 4 heteroatoms. The molecule has 5 atom stereocenters. The van der Waals surface area contributed by atoms with E-state index in [1.54, 1.807) is 6.92 Å². The number of Topliss-reactive ketones (excluding diaryl/α,β-unsaturated/α-hetero) is 1. The van der Waals surface area contributed by atoms with E-state index in [2.05, 4.69) is 19.9 Å². The Morgan fingerprint density at radius 3 is 2.60 bits per heavy atom. The first-order chi connectivity index (χ1) is 11.6. The van der Waals surface area contributed by atoms with Crippen molar-refractivity contribution in [2.24, 2.45) is 28.6 Å². The van der Waals surface area contributed by atoms with Crippen LogP contribution in [0.1, 0.15) is 59.3 Å². The Hall–Kier alpha value is -1.26. The molecule has 0 aromatic rings. The molecule has 0 spiro atoms. The van der Waals surface area contributed by atoms with Crippen molar-refractivity contribution in [1.82, 2.24) is 0 Å². The summed E-state index contributed by atoms with van der Waals surface area (Å²) in [5.74, 6) is -1.55.